The van der Waals surface area contributed by atoms with Crippen molar-refractivity contribution >= 4 is 17.7 Å². The standard InChI is InChI=1S/C20H21NO3/c1-14(2)11-16-5-3-15(4-6-16)7-10-20(22)21-17-8-9-18-19(12-17)24-13-23-18/h3-10,12,14H,11,13H2,1-2H3,(H,21,22)/b10-7-. The molecule has 0 unspecified atom stereocenters. The number of hydrogen-bond acceptors (Lipinski definition) is 3. The normalized spacial score (nSPS) is 12.8. The zero-order chi connectivity index (χ0) is 16.9. The lowest BCUT2D eigenvalue weighted by Gasteiger charge is -2.05. The van der Waals surface area contributed by atoms with E-state index in [1.807, 2.05) is 18.2 Å². The average molecular weight is 323 g/mol. The number of fused-ring (bicyclic) bond motifs is 1. The number of rotatable bonds is 5. The van der Waals surface area contributed by atoms with E-state index in [1.54, 1.807) is 18.2 Å². The summed E-state index contributed by atoms with van der Waals surface area (Å²) in [6.45, 7) is 4.63. The second-order valence-corrected chi connectivity index (χ2v) is 6.23. The maximum atomic E-state index is 12.0. The quantitative estimate of drug-likeness (QED) is 0.836. The van der Waals surface area contributed by atoms with Crippen LogP contribution in [0.15, 0.2) is 48.5 Å². The Labute approximate surface area is 142 Å². The van der Waals surface area contributed by atoms with Gasteiger partial charge in [0.2, 0.25) is 12.7 Å². The minimum absolute atomic E-state index is 0.180. The number of anilines is 1. The smallest absolute Gasteiger partial charge is 0.248 e. The van der Waals surface area contributed by atoms with Gasteiger partial charge in [-0.2, -0.15) is 0 Å². The lowest BCUT2D eigenvalue weighted by Crippen LogP contribution is -2.07. The van der Waals surface area contributed by atoms with Crippen LogP contribution < -0.4 is 14.8 Å². The lowest BCUT2D eigenvalue weighted by molar-refractivity contribution is -0.111. The Hall–Kier alpha value is -2.75. The zero-order valence-corrected chi connectivity index (χ0v) is 13.9. The van der Waals surface area contributed by atoms with Gasteiger partial charge in [0, 0.05) is 17.8 Å². The van der Waals surface area contributed by atoms with Crippen LogP contribution in [0.4, 0.5) is 5.69 Å². The molecule has 1 heterocycles. The molecule has 0 saturated carbocycles. The first kappa shape index (κ1) is 16.1. The van der Waals surface area contributed by atoms with E-state index in [-0.39, 0.29) is 12.7 Å². The predicted molar refractivity (Wildman–Crippen MR) is 95.2 cm³/mol. The second-order valence-electron chi connectivity index (χ2n) is 6.23. The fraction of sp³-hybridized carbons (Fsp3) is 0.250. The maximum absolute atomic E-state index is 12.0. The van der Waals surface area contributed by atoms with Crippen LogP contribution in [0.5, 0.6) is 11.5 Å². The fourth-order valence-electron chi connectivity index (χ4n) is 2.57. The van der Waals surface area contributed by atoms with Gasteiger partial charge in [-0.15, -0.1) is 0 Å². The van der Waals surface area contributed by atoms with Crippen LogP contribution in [0.3, 0.4) is 0 Å². The van der Waals surface area contributed by atoms with Gasteiger partial charge in [-0.05, 0) is 41.7 Å². The van der Waals surface area contributed by atoms with Crippen molar-refractivity contribution in [1.29, 1.82) is 0 Å². The summed E-state index contributed by atoms with van der Waals surface area (Å²) in [5, 5.41) is 2.82. The van der Waals surface area contributed by atoms with Crippen molar-refractivity contribution in [3.8, 4) is 11.5 Å². The van der Waals surface area contributed by atoms with Gasteiger partial charge in [0.25, 0.3) is 0 Å². The zero-order valence-electron chi connectivity index (χ0n) is 13.9. The molecule has 1 aliphatic rings. The third kappa shape index (κ3) is 4.16. The number of nitrogens with one attached hydrogen (secondary N) is 1. The maximum Gasteiger partial charge on any atom is 0.248 e. The summed E-state index contributed by atoms with van der Waals surface area (Å²) in [4.78, 5) is 12.0. The molecule has 0 bridgehead atoms. The fourth-order valence-corrected chi connectivity index (χ4v) is 2.57. The van der Waals surface area contributed by atoms with E-state index in [4.69, 9.17) is 9.47 Å². The van der Waals surface area contributed by atoms with Crippen LogP contribution in [-0.2, 0) is 11.2 Å². The van der Waals surface area contributed by atoms with E-state index in [2.05, 4.69) is 31.3 Å². The SMILES string of the molecule is CC(C)Cc1ccc(/C=C\C(=O)Nc2ccc3c(c2)OCO3)cc1. The number of ether oxygens (including phenoxy) is 2. The second kappa shape index (κ2) is 7.21. The van der Waals surface area contributed by atoms with Crippen molar-refractivity contribution in [3.63, 3.8) is 0 Å². The van der Waals surface area contributed by atoms with E-state index < -0.39 is 0 Å². The van der Waals surface area contributed by atoms with Crippen molar-refractivity contribution < 1.29 is 14.3 Å². The predicted octanol–water partition coefficient (Wildman–Crippen LogP) is 4.27. The molecule has 124 valence electrons. The highest BCUT2D eigenvalue weighted by molar-refractivity contribution is 6.02. The summed E-state index contributed by atoms with van der Waals surface area (Å²) in [5.74, 6) is 1.81. The monoisotopic (exact) mass is 323 g/mol. The van der Waals surface area contributed by atoms with Crippen LogP contribution >= 0.6 is 0 Å². The largest absolute Gasteiger partial charge is 0.454 e. The molecule has 24 heavy (non-hydrogen) atoms. The van der Waals surface area contributed by atoms with Crippen LogP contribution in [-0.4, -0.2) is 12.7 Å². The van der Waals surface area contributed by atoms with Gasteiger partial charge in [0.05, 0.1) is 0 Å². The summed E-state index contributed by atoms with van der Waals surface area (Å²) in [6.07, 6.45) is 4.40. The molecule has 0 aliphatic carbocycles. The highest BCUT2D eigenvalue weighted by Crippen LogP contribution is 2.34. The van der Waals surface area contributed by atoms with Gasteiger partial charge in [-0.25, -0.2) is 0 Å². The molecule has 1 amide bonds. The molecule has 0 saturated heterocycles. The molecular formula is C20H21NO3. The number of carbonyl (C=O) groups is 1. The first-order valence-electron chi connectivity index (χ1n) is 8.08. The van der Waals surface area contributed by atoms with Crippen LogP contribution in [0.2, 0.25) is 0 Å². The molecule has 0 atom stereocenters. The molecule has 4 heteroatoms. The third-order valence-corrected chi connectivity index (χ3v) is 3.69. The Morgan fingerprint density at radius 2 is 1.88 bits per heavy atom. The van der Waals surface area contributed by atoms with E-state index in [0.29, 0.717) is 23.1 Å². The molecule has 1 aliphatic heterocycles. The van der Waals surface area contributed by atoms with Gasteiger partial charge in [0.15, 0.2) is 11.5 Å². The van der Waals surface area contributed by atoms with E-state index in [1.165, 1.54) is 11.6 Å². The number of amides is 1. The van der Waals surface area contributed by atoms with Crippen LogP contribution in [0.1, 0.15) is 25.0 Å². The molecule has 0 aromatic heterocycles. The van der Waals surface area contributed by atoms with E-state index >= 15 is 0 Å². The summed E-state index contributed by atoms with van der Waals surface area (Å²) in [5.41, 5.74) is 3.00. The van der Waals surface area contributed by atoms with Gasteiger partial charge >= 0.3 is 0 Å². The van der Waals surface area contributed by atoms with Crippen molar-refractivity contribution in [2.45, 2.75) is 20.3 Å². The van der Waals surface area contributed by atoms with Gasteiger partial charge in [0.1, 0.15) is 0 Å². The lowest BCUT2D eigenvalue weighted by atomic mass is 10.0. The molecule has 1 N–H and O–H groups in total. The molecular weight excluding hydrogens is 302 g/mol. The van der Waals surface area contributed by atoms with E-state index in [0.717, 1.165) is 12.0 Å². The molecule has 2 aromatic carbocycles. The summed E-state index contributed by atoms with van der Waals surface area (Å²) < 4.78 is 10.5. The Balaban J connectivity index is 1.59. The summed E-state index contributed by atoms with van der Waals surface area (Å²) in [7, 11) is 0. The average Bonchev–Trinajstić information content (AvgIpc) is 3.01. The Kier molecular flexibility index (Phi) is 4.85. The number of benzene rings is 2. The van der Waals surface area contributed by atoms with Gasteiger partial charge in [-0.1, -0.05) is 38.1 Å². The molecule has 0 radical (unpaired) electrons. The number of hydrogen-bond donors (Lipinski definition) is 1. The molecule has 4 nitrogen and oxygen atoms in total. The van der Waals surface area contributed by atoms with Gasteiger partial charge in [-0.3, -0.25) is 4.79 Å². The van der Waals surface area contributed by atoms with Crippen molar-refractivity contribution in [3.05, 3.63) is 59.7 Å². The Bertz CT molecular complexity index is 748. The summed E-state index contributed by atoms with van der Waals surface area (Å²) in [6, 6.07) is 13.6. The van der Waals surface area contributed by atoms with Crippen LogP contribution in [0, 0.1) is 5.92 Å². The summed E-state index contributed by atoms with van der Waals surface area (Å²) >= 11 is 0. The minimum atomic E-state index is -0.180. The third-order valence-electron chi connectivity index (χ3n) is 3.69. The minimum Gasteiger partial charge on any atom is -0.454 e. The van der Waals surface area contributed by atoms with Gasteiger partial charge < -0.3 is 14.8 Å². The molecule has 3 rings (SSSR count). The van der Waals surface area contributed by atoms with Crippen molar-refractivity contribution in [1.82, 2.24) is 0 Å². The van der Waals surface area contributed by atoms with Crippen molar-refractivity contribution in [2.75, 3.05) is 12.1 Å². The first-order chi connectivity index (χ1) is 11.6. The topological polar surface area (TPSA) is 47.6 Å². The Morgan fingerprint density at radius 3 is 2.62 bits per heavy atom. The number of carbonyl (C=O) groups excluding carboxylic acids is 1. The first-order valence-corrected chi connectivity index (χ1v) is 8.08. The van der Waals surface area contributed by atoms with E-state index in [9.17, 15) is 4.79 Å². The molecule has 2 aromatic rings. The molecule has 0 fully saturated rings. The molecule has 0 spiro atoms. The Morgan fingerprint density at radius 1 is 1.12 bits per heavy atom. The van der Waals surface area contributed by atoms with Crippen molar-refractivity contribution in [2.24, 2.45) is 5.92 Å². The highest BCUT2D eigenvalue weighted by atomic mass is 16.7. The van der Waals surface area contributed by atoms with Crippen LogP contribution in [0.25, 0.3) is 6.08 Å². The highest BCUT2D eigenvalue weighted by Gasteiger charge is 2.13.